The number of nitrogens with one attached hydrogen (secondary N) is 1. The maximum atomic E-state index is 12.3. The molecule has 8 nitrogen and oxygen atoms in total. The fourth-order valence-electron chi connectivity index (χ4n) is 3.48. The summed E-state index contributed by atoms with van der Waals surface area (Å²) in [6.45, 7) is 1.26. The summed E-state index contributed by atoms with van der Waals surface area (Å²) in [7, 11) is 1.98. The highest BCUT2D eigenvalue weighted by Crippen LogP contribution is 2.25. The summed E-state index contributed by atoms with van der Waals surface area (Å²) < 4.78 is 2.73. The average Bonchev–Trinajstić information content (AvgIpc) is 3.40. The second kappa shape index (κ2) is 8.42. The monoisotopic (exact) mass is 431 g/mol. The van der Waals surface area contributed by atoms with Crippen molar-refractivity contribution in [2.75, 3.05) is 24.2 Å². The van der Waals surface area contributed by atoms with Crippen LogP contribution in [-0.4, -0.2) is 61.3 Å². The van der Waals surface area contributed by atoms with Crippen LogP contribution in [0.4, 0.5) is 5.95 Å². The summed E-state index contributed by atoms with van der Waals surface area (Å²) in [5, 5.41) is 13.9. The van der Waals surface area contributed by atoms with Crippen molar-refractivity contribution in [2.24, 2.45) is 7.05 Å². The van der Waals surface area contributed by atoms with Gasteiger partial charge in [0.15, 0.2) is 10.0 Å². The van der Waals surface area contributed by atoms with E-state index in [1.165, 1.54) is 28.5 Å². The zero-order valence-electron chi connectivity index (χ0n) is 15.9. The molecule has 1 amide bonds. The van der Waals surface area contributed by atoms with Crippen molar-refractivity contribution < 1.29 is 14.7 Å². The lowest BCUT2D eigenvalue weighted by molar-refractivity contribution is -0.128. The summed E-state index contributed by atoms with van der Waals surface area (Å²) in [6.07, 6.45) is 1.38. The number of nitrogens with zero attached hydrogens (tertiary/aromatic N) is 4. The lowest BCUT2D eigenvalue weighted by Crippen LogP contribution is -2.39. The van der Waals surface area contributed by atoms with Crippen LogP contribution in [0.3, 0.4) is 0 Å². The zero-order chi connectivity index (χ0) is 20.4. The van der Waals surface area contributed by atoms with Crippen molar-refractivity contribution >= 4 is 52.0 Å². The van der Waals surface area contributed by atoms with E-state index in [2.05, 4.69) is 15.3 Å². The number of benzene rings is 1. The summed E-state index contributed by atoms with van der Waals surface area (Å²) in [4.78, 5) is 33.8. The van der Waals surface area contributed by atoms with Crippen LogP contribution in [0.2, 0.25) is 0 Å². The molecule has 10 heteroatoms. The predicted octanol–water partition coefficient (Wildman–Crippen LogP) is 2.92. The molecule has 1 aliphatic rings. The maximum absolute atomic E-state index is 12.3. The second-order valence-electron chi connectivity index (χ2n) is 6.80. The molecule has 2 aromatic heterocycles. The number of thiazole rings is 1. The molecule has 1 unspecified atom stereocenters. The van der Waals surface area contributed by atoms with Gasteiger partial charge in [0.2, 0.25) is 11.9 Å². The Morgan fingerprint density at radius 1 is 1.38 bits per heavy atom. The summed E-state index contributed by atoms with van der Waals surface area (Å²) in [6, 6.07) is 8.09. The van der Waals surface area contributed by atoms with Crippen molar-refractivity contribution in [3.8, 4) is 0 Å². The van der Waals surface area contributed by atoms with Gasteiger partial charge in [0.05, 0.1) is 11.0 Å². The predicted molar refractivity (Wildman–Crippen MR) is 114 cm³/mol. The van der Waals surface area contributed by atoms with E-state index in [-0.39, 0.29) is 17.6 Å². The number of para-hydroxylation sites is 2. The van der Waals surface area contributed by atoms with Crippen LogP contribution in [-0.2, 0) is 11.8 Å². The first-order chi connectivity index (χ1) is 14.0. The van der Waals surface area contributed by atoms with Gasteiger partial charge in [-0.3, -0.25) is 4.79 Å². The van der Waals surface area contributed by atoms with Crippen molar-refractivity contribution in [3.05, 3.63) is 35.3 Å². The third kappa shape index (κ3) is 4.23. The number of fused-ring (bicyclic) bond motifs is 1. The lowest BCUT2D eigenvalue weighted by Gasteiger charge is -2.25. The number of anilines is 1. The number of amides is 1. The van der Waals surface area contributed by atoms with Gasteiger partial charge in [-0.1, -0.05) is 23.9 Å². The van der Waals surface area contributed by atoms with Gasteiger partial charge in [-0.2, -0.15) is 0 Å². The minimum atomic E-state index is -1.02. The molecular formula is C19H21N5O3S2. The van der Waals surface area contributed by atoms with E-state index in [4.69, 9.17) is 5.11 Å². The smallest absolute Gasteiger partial charge is 0.355 e. The van der Waals surface area contributed by atoms with Gasteiger partial charge in [0.25, 0.3) is 0 Å². The van der Waals surface area contributed by atoms with Crippen LogP contribution in [0.25, 0.3) is 11.0 Å². The molecule has 0 saturated carbocycles. The highest BCUT2D eigenvalue weighted by Gasteiger charge is 2.30. The Hall–Kier alpha value is -2.59. The summed E-state index contributed by atoms with van der Waals surface area (Å²) in [5.41, 5.74) is 2.08. The van der Waals surface area contributed by atoms with Crippen molar-refractivity contribution in [1.29, 1.82) is 0 Å². The molecule has 1 aromatic carbocycles. The highest BCUT2D eigenvalue weighted by atomic mass is 32.2. The molecule has 0 bridgehead atoms. The number of carboxylic acid groups (broad SMARTS) is 1. The fraction of sp³-hybridized carbons (Fsp3) is 0.368. The Kier molecular flexibility index (Phi) is 5.72. The number of carbonyl (C=O) groups excluding carboxylic acids is 1. The number of rotatable bonds is 8. The number of aryl methyl sites for hydroxylation is 1. The molecule has 1 fully saturated rings. The van der Waals surface area contributed by atoms with Crippen molar-refractivity contribution in [1.82, 2.24) is 19.4 Å². The Morgan fingerprint density at radius 2 is 2.21 bits per heavy atom. The van der Waals surface area contributed by atoms with Crippen LogP contribution in [0.5, 0.6) is 0 Å². The van der Waals surface area contributed by atoms with Gasteiger partial charge in [-0.15, -0.1) is 11.3 Å². The standard InChI is InChI=1S/C19H21N5O3S2/c1-23-15-5-3-2-4-13(15)21-18(23)20-10-12-6-7-16(25)24(12)8-9-28-19-22-14(11-29-19)17(26)27/h2-5,11-12H,6-10H2,1H3,(H,20,21)(H,26,27). The van der Waals surface area contributed by atoms with E-state index in [0.717, 1.165) is 23.4 Å². The third-order valence-corrected chi connectivity index (χ3v) is 7.00. The molecule has 0 radical (unpaired) electrons. The fourth-order valence-corrected chi connectivity index (χ4v) is 5.29. The Bertz CT molecular complexity index is 1050. The van der Waals surface area contributed by atoms with E-state index in [9.17, 15) is 9.59 Å². The molecule has 152 valence electrons. The van der Waals surface area contributed by atoms with Gasteiger partial charge in [-0.25, -0.2) is 14.8 Å². The molecule has 1 aliphatic heterocycles. The molecule has 29 heavy (non-hydrogen) atoms. The number of likely N-dealkylation sites (tertiary alicyclic amines) is 1. The number of hydrogen-bond acceptors (Lipinski definition) is 7. The number of imidazole rings is 1. The maximum Gasteiger partial charge on any atom is 0.355 e. The van der Waals surface area contributed by atoms with Gasteiger partial charge in [-0.05, 0) is 18.6 Å². The highest BCUT2D eigenvalue weighted by molar-refractivity contribution is 8.01. The van der Waals surface area contributed by atoms with Gasteiger partial charge >= 0.3 is 5.97 Å². The van der Waals surface area contributed by atoms with E-state index in [1.807, 2.05) is 40.8 Å². The first kappa shape index (κ1) is 19.7. The van der Waals surface area contributed by atoms with Crippen LogP contribution >= 0.6 is 23.1 Å². The van der Waals surface area contributed by atoms with E-state index >= 15 is 0 Å². The van der Waals surface area contributed by atoms with Crippen molar-refractivity contribution in [3.63, 3.8) is 0 Å². The van der Waals surface area contributed by atoms with E-state index in [0.29, 0.717) is 29.6 Å². The van der Waals surface area contributed by atoms with E-state index < -0.39 is 5.97 Å². The average molecular weight is 432 g/mol. The SMILES string of the molecule is Cn1c(NCC2CCC(=O)N2CCSc2nc(C(=O)O)cs2)nc2ccccc21. The normalized spacial score (nSPS) is 16.7. The Morgan fingerprint density at radius 3 is 2.97 bits per heavy atom. The van der Waals surface area contributed by atoms with Crippen molar-refractivity contribution in [2.45, 2.75) is 23.2 Å². The first-order valence-electron chi connectivity index (χ1n) is 9.29. The van der Waals surface area contributed by atoms with Gasteiger partial charge in [0, 0.05) is 43.7 Å². The lowest BCUT2D eigenvalue weighted by atomic mass is 10.2. The number of thioether (sulfide) groups is 1. The molecule has 0 aliphatic carbocycles. The Labute approximate surface area is 175 Å². The summed E-state index contributed by atoms with van der Waals surface area (Å²) >= 11 is 2.80. The number of aromatic carboxylic acids is 1. The quantitative estimate of drug-likeness (QED) is 0.529. The number of carboxylic acids is 1. The molecular weight excluding hydrogens is 410 g/mol. The molecule has 4 rings (SSSR count). The van der Waals surface area contributed by atoms with Gasteiger partial charge in [0.1, 0.15) is 0 Å². The minimum Gasteiger partial charge on any atom is -0.476 e. The zero-order valence-corrected chi connectivity index (χ0v) is 17.5. The number of aromatic nitrogens is 3. The van der Waals surface area contributed by atoms with Crippen LogP contribution in [0.15, 0.2) is 34.0 Å². The summed E-state index contributed by atoms with van der Waals surface area (Å²) in [5.74, 6) is 0.619. The molecule has 1 saturated heterocycles. The minimum absolute atomic E-state index is 0.0688. The number of hydrogen-bond donors (Lipinski definition) is 2. The molecule has 1 atom stereocenters. The third-order valence-electron chi connectivity index (χ3n) is 5.00. The van der Waals surface area contributed by atoms with E-state index in [1.54, 1.807) is 0 Å². The largest absolute Gasteiger partial charge is 0.476 e. The molecule has 3 heterocycles. The molecule has 0 spiro atoms. The second-order valence-corrected chi connectivity index (χ2v) is 9.00. The van der Waals surface area contributed by atoms with Crippen LogP contribution < -0.4 is 5.32 Å². The first-order valence-corrected chi connectivity index (χ1v) is 11.2. The van der Waals surface area contributed by atoms with Crippen LogP contribution in [0.1, 0.15) is 23.3 Å². The Balaban J connectivity index is 1.33. The molecule has 3 aromatic rings. The molecule has 2 N–H and O–H groups in total. The number of carbonyl (C=O) groups is 2. The van der Waals surface area contributed by atoms with Gasteiger partial charge < -0.3 is 19.9 Å². The van der Waals surface area contributed by atoms with Crippen LogP contribution in [0, 0.1) is 0 Å². The topological polar surface area (TPSA) is 100 Å².